The van der Waals surface area contributed by atoms with E-state index in [9.17, 15) is 9.59 Å². The van der Waals surface area contributed by atoms with Gasteiger partial charge >= 0.3 is 0 Å². The standard InChI is InChI=1S/C24H29N3O5/c1-30-21-14-22(28)27-8-4-2-3-5-18(27)23(21)24(29)26-11-9-25(10-12-26)15-17-6-7-19-20(13-17)32-16-31-19/h6-7,13-14H,2-5,8-12,15-16H2,1H3. The fraction of sp³-hybridized carbons (Fsp3) is 0.500. The average molecular weight is 440 g/mol. The van der Waals surface area contributed by atoms with Gasteiger partial charge in [-0.25, -0.2) is 0 Å². The fourth-order valence-electron chi connectivity index (χ4n) is 4.87. The van der Waals surface area contributed by atoms with Crippen LogP contribution in [0.15, 0.2) is 29.1 Å². The molecule has 0 radical (unpaired) electrons. The molecular weight excluding hydrogens is 410 g/mol. The van der Waals surface area contributed by atoms with Gasteiger partial charge in [-0.2, -0.15) is 0 Å². The Kier molecular flexibility index (Phi) is 5.78. The van der Waals surface area contributed by atoms with E-state index in [-0.39, 0.29) is 18.3 Å². The van der Waals surface area contributed by atoms with E-state index in [1.54, 1.807) is 4.57 Å². The SMILES string of the molecule is COc1cc(=O)n2c(c1C(=O)N1CCN(Cc3ccc4c(c3)OCO4)CC1)CCCCC2. The molecule has 0 unspecified atom stereocenters. The lowest BCUT2D eigenvalue weighted by atomic mass is 10.1. The third-order valence-corrected chi connectivity index (χ3v) is 6.61. The molecule has 5 rings (SSSR count). The number of hydrogen-bond acceptors (Lipinski definition) is 6. The first-order chi connectivity index (χ1) is 15.6. The molecule has 1 fully saturated rings. The van der Waals surface area contributed by atoms with Crippen LogP contribution in [0.5, 0.6) is 17.2 Å². The van der Waals surface area contributed by atoms with Crippen LogP contribution in [0.4, 0.5) is 0 Å². The molecule has 1 amide bonds. The topological polar surface area (TPSA) is 73.2 Å². The highest BCUT2D eigenvalue weighted by molar-refractivity contribution is 5.98. The third kappa shape index (κ3) is 3.95. The molecule has 1 aromatic carbocycles. The number of methoxy groups -OCH3 is 1. The summed E-state index contributed by atoms with van der Waals surface area (Å²) in [5, 5.41) is 0. The van der Waals surface area contributed by atoms with Crippen LogP contribution in [0.25, 0.3) is 0 Å². The Morgan fingerprint density at radius 1 is 1.00 bits per heavy atom. The molecule has 2 aromatic rings. The number of aromatic nitrogens is 1. The molecule has 0 N–H and O–H groups in total. The maximum absolute atomic E-state index is 13.5. The fourth-order valence-corrected chi connectivity index (χ4v) is 4.87. The van der Waals surface area contributed by atoms with Gasteiger partial charge in [0.15, 0.2) is 11.5 Å². The largest absolute Gasteiger partial charge is 0.496 e. The van der Waals surface area contributed by atoms with Crippen LogP contribution in [0.3, 0.4) is 0 Å². The summed E-state index contributed by atoms with van der Waals surface area (Å²) in [5.74, 6) is 1.95. The van der Waals surface area contributed by atoms with Crippen molar-refractivity contribution >= 4 is 5.91 Å². The van der Waals surface area contributed by atoms with Gasteiger partial charge in [0, 0.05) is 51.0 Å². The van der Waals surface area contributed by atoms with Gasteiger partial charge in [0.25, 0.3) is 11.5 Å². The van der Waals surface area contributed by atoms with Crippen molar-refractivity contribution in [3.05, 3.63) is 51.4 Å². The second-order valence-electron chi connectivity index (χ2n) is 8.59. The number of rotatable bonds is 4. The van der Waals surface area contributed by atoms with Crippen LogP contribution < -0.4 is 19.8 Å². The maximum atomic E-state index is 13.5. The second-order valence-corrected chi connectivity index (χ2v) is 8.59. The van der Waals surface area contributed by atoms with E-state index in [1.165, 1.54) is 18.7 Å². The molecule has 0 bridgehead atoms. The van der Waals surface area contributed by atoms with Gasteiger partial charge in [-0.1, -0.05) is 12.5 Å². The van der Waals surface area contributed by atoms with Gasteiger partial charge in [-0.15, -0.1) is 0 Å². The summed E-state index contributed by atoms with van der Waals surface area (Å²) in [6.45, 7) is 4.61. The lowest BCUT2D eigenvalue weighted by Gasteiger charge is -2.35. The van der Waals surface area contributed by atoms with E-state index in [4.69, 9.17) is 14.2 Å². The number of benzene rings is 1. The Bertz CT molecular complexity index is 1070. The van der Waals surface area contributed by atoms with Crippen LogP contribution in [0, 0.1) is 0 Å². The first-order valence-corrected chi connectivity index (χ1v) is 11.3. The number of carbonyl (C=O) groups is 1. The molecule has 1 saturated heterocycles. The number of nitrogens with zero attached hydrogens (tertiary/aromatic N) is 3. The maximum Gasteiger partial charge on any atom is 0.259 e. The minimum absolute atomic E-state index is 0.0322. The van der Waals surface area contributed by atoms with Gasteiger partial charge in [0.05, 0.1) is 7.11 Å². The summed E-state index contributed by atoms with van der Waals surface area (Å²) in [4.78, 5) is 30.4. The Hall–Kier alpha value is -3.00. The minimum Gasteiger partial charge on any atom is -0.496 e. The monoisotopic (exact) mass is 439 g/mol. The van der Waals surface area contributed by atoms with Gasteiger partial charge in [-0.3, -0.25) is 14.5 Å². The molecule has 3 aliphatic rings. The number of ether oxygens (including phenoxy) is 3. The van der Waals surface area contributed by atoms with Crippen molar-refractivity contribution in [2.24, 2.45) is 0 Å². The molecule has 0 saturated carbocycles. The van der Waals surface area contributed by atoms with Crippen LogP contribution in [-0.4, -0.2) is 60.4 Å². The first-order valence-electron chi connectivity index (χ1n) is 11.3. The first kappa shape index (κ1) is 20.9. The summed E-state index contributed by atoms with van der Waals surface area (Å²) in [7, 11) is 1.53. The summed E-state index contributed by atoms with van der Waals surface area (Å²) < 4.78 is 18.1. The van der Waals surface area contributed by atoms with E-state index in [0.717, 1.165) is 62.5 Å². The highest BCUT2D eigenvalue weighted by Gasteiger charge is 2.29. The number of hydrogen-bond donors (Lipinski definition) is 0. The van der Waals surface area contributed by atoms with E-state index in [0.29, 0.717) is 30.9 Å². The van der Waals surface area contributed by atoms with Gasteiger partial charge in [0.2, 0.25) is 6.79 Å². The highest BCUT2D eigenvalue weighted by Crippen LogP contribution is 2.33. The summed E-state index contributed by atoms with van der Waals surface area (Å²) in [6.07, 6.45) is 3.74. The average Bonchev–Trinajstić information content (AvgIpc) is 3.13. The van der Waals surface area contributed by atoms with Crippen LogP contribution in [-0.2, 0) is 19.5 Å². The normalized spacial score (nSPS) is 18.2. The predicted octanol–water partition coefficient (Wildman–Crippen LogP) is 2.27. The highest BCUT2D eigenvalue weighted by atomic mass is 16.7. The Morgan fingerprint density at radius 3 is 2.62 bits per heavy atom. The zero-order valence-corrected chi connectivity index (χ0v) is 18.5. The Balaban J connectivity index is 1.30. The molecule has 4 heterocycles. The van der Waals surface area contributed by atoms with Crippen molar-refractivity contribution in [1.82, 2.24) is 14.4 Å². The number of fused-ring (bicyclic) bond motifs is 2. The van der Waals surface area contributed by atoms with Crippen molar-refractivity contribution in [3.63, 3.8) is 0 Å². The van der Waals surface area contributed by atoms with Crippen LogP contribution in [0.2, 0.25) is 0 Å². The quantitative estimate of drug-likeness (QED) is 0.728. The molecule has 0 aliphatic carbocycles. The Morgan fingerprint density at radius 2 is 1.81 bits per heavy atom. The smallest absolute Gasteiger partial charge is 0.259 e. The van der Waals surface area contributed by atoms with Crippen molar-refractivity contribution < 1.29 is 19.0 Å². The minimum atomic E-state index is -0.0798. The number of piperazine rings is 1. The summed E-state index contributed by atoms with van der Waals surface area (Å²) in [5.41, 5.74) is 2.49. The van der Waals surface area contributed by atoms with E-state index < -0.39 is 0 Å². The van der Waals surface area contributed by atoms with E-state index >= 15 is 0 Å². The van der Waals surface area contributed by atoms with Gasteiger partial charge < -0.3 is 23.7 Å². The van der Waals surface area contributed by atoms with Crippen molar-refractivity contribution in [2.45, 2.75) is 38.8 Å². The predicted molar refractivity (Wildman–Crippen MR) is 119 cm³/mol. The summed E-state index contributed by atoms with van der Waals surface area (Å²) >= 11 is 0. The molecule has 32 heavy (non-hydrogen) atoms. The number of pyridine rings is 1. The molecule has 8 nitrogen and oxygen atoms in total. The molecule has 1 aromatic heterocycles. The zero-order valence-electron chi connectivity index (χ0n) is 18.5. The molecule has 8 heteroatoms. The number of amides is 1. The summed E-state index contributed by atoms with van der Waals surface area (Å²) in [6, 6.07) is 7.51. The van der Waals surface area contributed by atoms with Crippen molar-refractivity contribution in [3.8, 4) is 17.2 Å². The van der Waals surface area contributed by atoms with Gasteiger partial charge in [-0.05, 0) is 37.0 Å². The second kappa shape index (κ2) is 8.86. The molecule has 0 spiro atoms. The lowest BCUT2D eigenvalue weighted by Crippen LogP contribution is -2.48. The van der Waals surface area contributed by atoms with Crippen LogP contribution in [0.1, 0.15) is 40.9 Å². The molecule has 170 valence electrons. The van der Waals surface area contributed by atoms with Gasteiger partial charge in [0.1, 0.15) is 11.3 Å². The lowest BCUT2D eigenvalue weighted by molar-refractivity contribution is 0.0623. The van der Waals surface area contributed by atoms with Crippen molar-refractivity contribution in [1.29, 1.82) is 0 Å². The van der Waals surface area contributed by atoms with Crippen molar-refractivity contribution in [2.75, 3.05) is 40.1 Å². The van der Waals surface area contributed by atoms with E-state index in [2.05, 4.69) is 11.0 Å². The Labute approximate surface area is 187 Å². The van der Waals surface area contributed by atoms with Crippen LogP contribution >= 0.6 is 0 Å². The van der Waals surface area contributed by atoms with E-state index in [1.807, 2.05) is 17.0 Å². The third-order valence-electron chi connectivity index (χ3n) is 6.61. The number of carbonyl (C=O) groups excluding carboxylic acids is 1. The molecular formula is C24H29N3O5. The molecule has 3 aliphatic heterocycles. The zero-order chi connectivity index (χ0) is 22.1. The molecule has 0 atom stereocenters.